The monoisotopic (exact) mass is 364 g/mol. The van der Waals surface area contributed by atoms with E-state index >= 15 is 0 Å². The second-order valence-electron chi connectivity index (χ2n) is 5.89. The molecule has 5 nitrogen and oxygen atoms in total. The summed E-state index contributed by atoms with van der Waals surface area (Å²) in [6.07, 6.45) is -2.45. The van der Waals surface area contributed by atoms with Gasteiger partial charge in [0.25, 0.3) is 0 Å². The first-order chi connectivity index (χ1) is 11.0. The molecule has 1 N–H and O–H groups in total. The molecular formula is C15H19F3N2O3S. The van der Waals surface area contributed by atoms with E-state index in [1.807, 2.05) is 0 Å². The third-order valence-corrected chi connectivity index (χ3v) is 5.29. The summed E-state index contributed by atoms with van der Waals surface area (Å²) in [7, 11) is -3.50. The Morgan fingerprint density at radius 2 is 2.04 bits per heavy atom. The molecular weight excluding hydrogens is 345 g/mol. The molecule has 1 fully saturated rings. The van der Waals surface area contributed by atoms with Crippen LogP contribution in [0.2, 0.25) is 0 Å². The number of carbonyl (C=O) groups is 1. The lowest BCUT2D eigenvalue weighted by Gasteiger charge is -2.24. The van der Waals surface area contributed by atoms with E-state index in [0.717, 1.165) is 22.7 Å². The third-order valence-electron chi connectivity index (χ3n) is 4.01. The maximum absolute atomic E-state index is 12.8. The molecule has 1 aliphatic heterocycles. The van der Waals surface area contributed by atoms with Crippen molar-refractivity contribution in [1.82, 2.24) is 9.62 Å². The summed E-state index contributed by atoms with van der Waals surface area (Å²) in [4.78, 5) is 12.3. The minimum absolute atomic E-state index is 0.273. The third kappa shape index (κ3) is 4.27. The van der Waals surface area contributed by atoms with Gasteiger partial charge in [-0.05, 0) is 37.5 Å². The van der Waals surface area contributed by atoms with Crippen molar-refractivity contribution in [3.8, 4) is 0 Å². The Hall–Kier alpha value is -1.61. The van der Waals surface area contributed by atoms with Crippen LogP contribution in [-0.2, 0) is 21.0 Å². The topological polar surface area (TPSA) is 66.5 Å². The zero-order valence-electron chi connectivity index (χ0n) is 13.3. The van der Waals surface area contributed by atoms with Gasteiger partial charge in [0.15, 0.2) is 0 Å². The molecule has 9 heteroatoms. The number of amides is 1. The molecule has 1 aromatic carbocycles. The Morgan fingerprint density at radius 1 is 1.38 bits per heavy atom. The number of alkyl halides is 3. The van der Waals surface area contributed by atoms with Crippen molar-refractivity contribution in [2.75, 3.05) is 12.8 Å². The molecule has 134 valence electrons. The summed E-state index contributed by atoms with van der Waals surface area (Å²) < 4.78 is 62.8. The highest BCUT2D eigenvalue weighted by Gasteiger charge is 2.37. The number of rotatable bonds is 4. The van der Waals surface area contributed by atoms with Crippen LogP contribution in [0.15, 0.2) is 24.3 Å². The molecule has 2 atom stereocenters. The van der Waals surface area contributed by atoms with Crippen LogP contribution >= 0.6 is 0 Å². The van der Waals surface area contributed by atoms with E-state index in [9.17, 15) is 26.4 Å². The van der Waals surface area contributed by atoms with Gasteiger partial charge in [0.05, 0.1) is 17.9 Å². The van der Waals surface area contributed by atoms with Crippen LogP contribution in [0.25, 0.3) is 0 Å². The van der Waals surface area contributed by atoms with Gasteiger partial charge < -0.3 is 5.32 Å². The van der Waals surface area contributed by atoms with Crippen molar-refractivity contribution >= 4 is 15.9 Å². The van der Waals surface area contributed by atoms with Crippen LogP contribution in [0.5, 0.6) is 0 Å². The number of halogens is 3. The van der Waals surface area contributed by atoms with Crippen LogP contribution < -0.4 is 5.32 Å². The molecule has 0 radical (unpaired) electrons. The van der Waals surface area contributed by atoms with Gasteiger partial charge in [-0.2, -0.15) is 17.5 Å². The zero-order chi connectivity index (χ0) is 18.1. The fourth-order valence-electron chi connectivity index (χ4n) is 2.78. The van der Waals surface area contributed by atoms with Crippen LogP contribution in [-0.4, -0.2) is 37.5 Å². The van der Waals surface area contributed by atoms with Gasteiger partial charge in [-0.15, -0.1) is 0 Å². The van der Waals surface area contributed by atoms with E-state index in [4.69, 9.17) is 0 Å². The average Bonchev–Trinajstić information content (AvgIpc) is 2.96. The van der Waals surface area contributed by atoms with E-state index in [0.29, 0.717) is 18.4 Å². The van der Waals surface area contributed by atoms with Crippen LogP contribution in [0.3, 0.4) is 0 Å². The number of sulfonamides is 1. The van der Waals surface area contributed by atoms with Crippen LogP contribution in [0.1, 0.15) is 36.9 Å². The summed E-state index contributed by atoms with van der Waals surface area (Å²) in [5.41, 5.74) is -0.484. The van der Waals surface area contributed by atoms with Gasteiger partial charge in [0.2, 0.25) is 15.9 Å². The smallest absolute Gasteiger partial charge is 0.348 e. The number of benzene rings is 1. The summed E-state index contributed by atoms with van der Waals surface area (Å²) >= 11 is 0. The molecule has 0 unspecified atom stereocenters. The molecule has 1 saturated heterocycles. The quantitative estimate of drug-likeness (QED) is 0.892. The predicted molar refractivity (Wildman–Crippen MR) is 82.6 cm³/mol. The highest BCUT2D eigenvalue weighted by atomic mass is 32.2. The van der Waals surface area contributed by atoms with Crippen molar-refractivity contribution in [1.29, 1.82) is 0 Å². The standard InChI is InChI=1S/C15H19F3N2O3S/c1-10(11-5-3-6-12(9-11)15(16,17)18)19-14(21)13-7-4-8-20(13)24(2,22)23/h3,5-6,9-10,13H,4,7-8H2,1-2H3,(H,19,21)/t10-,13+/m1/s1. The predicted octanol–water partition coefficient (Wildman–Crippen LogP) is 2.31. The SMILES string of the molecule is C[C@@H](NC(=O)[C@@H]1CCCN1S(C)(=O)=O)c1cccc(C(F)(F)F)c1. The van der Waals surface area contributed by atoms with Gasteiger partial charge >= 0.3 is 6.18 Å². The van der Waals surface area contributed by atoms with Gasteiger partial charge in [-0.1, -0.05) is 12.1 Å². The fraction of sp³-hybridized carbons (Fsp3) is 0.533. The molecule has 0 spiro atoms. The first-order valence-corrected chi connectivity index (χ1v) is 9.29. The largest absolute Gasteiger partial charge is 0.416 e. The minimum atomic E-state index is -4.46. The van der Waals surface area contributed by atoms with E-state index < -0.39 is 39.8 Å². The summed E-state index contributed by atoms with van der Waals surface area (Å²) in [5, 5.41) is 2.61. The molecule has 2 rings (SSSR count). The van der Waals surface area contributed by atoms with Gasteiger partial charge in [-0.25, -0.2) is 8.42 Å². The Labute approximate surface area is 138 Å². The zero-order valence-corrected chi connectivity index (χ0v) is 14.1. The lowest BCUT2D eigenvalue weighted by Crippen LogP contribution is -2.46. The Morgan fingerprint density at radius 3 is 2.62 bits per heavy atom. The molecule has 0 aliphatic carbocycles. The molecule has 0 bridgehead atoms. The molecule has 1 amide bonds. The number of carbonyl (C=O) groups excluding carboxylic acids is 1. The van der Waals surface area contributed by atoms with Crippen molar-refractivity contribution in [3.63, 3.8) is 0 Å². The Balaban J connectivity index is 2.12. The van der Waals surface area contributed by atoms with E-state index in [1.54, 1.807) is 6.92 Å². The maximum Gasteiger partial charge on any atom is 0.416 e. The normalized spacial score (nSPS) is 20.8. The molecule has 0 saturated carbocycles. The van der Waals surface area contributed by atoms with Gasteiger partial charge in [0, 0.05) is 6.54 Å². The average molecular weight is 364 g/mol. The van der Waals surface area contributed by atoms with Crippen molar-refractivity contribution in [2.24, 2.45) is 0 Å². The van der Waals surface area contributed by atoms with Gasteiger partial charge in [-0.3, -0.25) is 4.79 Å². The van der Waals surface area contributed by atoms with Gasteiger partial charge in [0.1, 0.15) is 6.04 Å². The number of hydrogen-bond acceptors (Lipinski definition) is 3. The van der Waals surface area contributed by atoms with Crippen LogP contribution in [0.4, 0.5) is 13.2 Å². The number of nitrogens with zero attached hydrogens (tertiary/aromatic N) is 1. The first-order valence-electron chi connectivity index (χ1n) is 7.44. The molecule has 1 aromatic rings. The second-order valence-corrected chi connectivity index (χ2v) is 7.82. The Bertz CT molecular complexity index is 719. The molecule has 0 aromatic heterocycles. The maximum atomic E-state index is 12.8. The lowest BCUT2D eigenvalue weighted by atomic mass is 10.0. The number of nitrogens with one attached hydrogen (secondary N) is 1. The number of hydrogen-bond donors (Lipinski definition) is 1. The molecule has 1 heterocycles. The van der Waals surface area contributed by atoms with Crippen molar-refractivity contribution in [2.45, 2.75) is 38.0 Å². The highest BCUT2D eigenvalue weighted by Crippen LogP contribution is 2.31. The fourth-order valence-corrected chi connectivity index (χ4v) is 3.90. The van der Waals surface area contributed by atoms with E-state index in [-0.39, 0.29) is 6.54 Å². The molecule has 24 heavy (non-hydrogen) atoms. The second kappa shape index (κ2) is 6.72. The van der Waals surface area contributed by atoms with Crippen molar-refractivity contribution in [3.05, 3.63) is 35.4 Å². The molecule has 1 aliphatic rings. The van der Waals surface area contributed by atoms with E-state index in [1.165, 1.54) is 12.1 Å². The highest BCUT2D eigenvalue weighted by molar-refractivity contribution is 7.88. The Kier molecular flexibility index (Phi) is 5.24. The first kappa shape index (κ1) is 18.7. The van der Waals surface area contributed by atoms with Crippen molar-refractivity contribution < 1.29 is 26.4 Å². The minimum Gasteiger partial charge on any atom is -0.348 e. The van der Waals surface area contributed by atoms with E-state index in [2.05, 4.69) is 5.32 Å². The lowest BCUT2D eigenvalue weighted by molar-refractivity contribution is -0.137. The summed E-state index contributed by atoms with van der Waals surface area (Å²) in [6.45, 7) is 1.84. The van der Waals surface area contributed by atoms with Crippen LogP contribution in [0, 0.1) is 0 Å². The summed E-state index contributed by atoms with van der Waals surface area (Å²) in [5.74, 6) is -0.497. The summed E-state index contributed by atoms with van der Waals surface area (Å²) in [6, 6.07) is 3.23.